The summed E-state index contributed by atoms with van der Waals surface area (Å²) in [6.45, 7) is 1.99. The van der Waals surface area contributed by atoms with E-state index in [-0.39, 0.29) is 5.91 Å². The Morgan fingerprint density at radius 2 is 2.09 bits per heavy atom. The zero-order chi connectivity index (χ0) is 16.0. The fourth-order valence-corrected chi connectivity index (χ4v) is 4.08. The third-order valence-electron chi connectivity index (χ3n) is 4.36. The summed E-state index contributed by atoms with van der Waals surface area (Å²) in [4.78, 5) is 14.1. The molecule has 0 atom stereocenters. The number of anilines is 1. The lowest BCUT2D eigenvalue weighted by Gasteiger charge is -2.14. The van der Waals surface area contributed by atoms with Crippen LogP contribution in [0.5, 0.6) is 0 Å². The monoisotopic (exact) mass is 323 g/mol. The number of thiophene rings is 1. The number of benzene rings is 1. The summed E-state index contributed by atoms with van der Waals surface area (Å²) in [5.74, 6) is -0.130. The van der Waals surface area contributed by atoms with E-state index in [0.717, 1.165) is 35.3 Å². The summed E-state index contributed by atoms with van der Waals surface area (Å²) < 4.78 is 1.84. The molecule has 0 fully saturated rings. The molecule has 2 heterocycles. The number of rotatable bonds is 2. The first-order chi connectivity index (χ1) is 11.1. The Labute approximate surface area is 138 Å². The van der Waals surface area contributed by atoms with Crippen LogP contribution >= 0.6 is 11.3 Å². The van der Waals surface area contributed by atoms with Gasteiger partial charge in [0.1, 0.15) is 0 Å². The highest BCUT2D eigenvalue weighted by Gasteiger charge is 2.27. The Kier molecular flexibility index (Phi) is 3.31. The fourth-order valence-electron chi connectivity index (χ4n) is 3.20. The normalized spacial score (nSPS) is 12.6. The average molecular weight is 323 g/mol. The van der Waals surface area contributed by atoms with Gasteiger partial charge in [0.05, 0.1) is 5.69 Å². The van der Waals surface area contributed by atoms with E-state index in [4.69, 9.17) is 0 Å². The average Bonchev–Trinajstić information content (AvgIpc) is 3.13. The van der Waals surface area contributed by atoms with Crippen molar-refractivity contribution in [2.45, 2.75) is 19.8 Å². The van der Waals surface area contributed by atoms with Crippen molar-refractivity contribution in [1.82, 2.24) is 9.78 Å². The van der Waals surface area contributed by atoms with Crippen LogP contribution in [0.2, 0.25) is 0 Å². The van der Waals surface area contributed by atoms with Gasteiger partial charge in [0, 0.05) is 28.7 Å². The molecule has 0 aliphatic heterocycles. The maximum atomic E-state index is 12.7. The van der Waals surface area contributed by atoms with Gasteiger partial charge in [-0.3, -0.25) is 9.48 Å². The van der Waals surface area contributed by atoms with E-state index >= 15 is 0 Å². The molecule has 0 bridgehead atoms. The van der Waals surface area contributed by atoms with Crippen LogP contribution in [0, 0.1) is 6.92 Å². The molecule has 1 aliphatic carbocycles. The maximum Gasteiger partial charge on any atom is 0.276 e. The van der Waals surface area contributed by atoms with Gasteiger partial charge in [-0.1, -0.05) is 18.2 Å². The zero-order valence-electron chi connectivity index (χ0n) is 13.1. The molecule has 23 heavy (non-hydrogen) atoms. The molecule has 1 aliphatic rings. The Balaban J connectivity index is 1.73. The van der Waals surface area contributed by atoms with Crippen molar-refractivity contribution < 1.29 is 4.79 Å². The smallest absolute Gasteiger partial charge is 0.276 e. The van der Waals surface area contributed by atoms with Gasteiger partial charge in [0.2, 0.25) is 0 Å². The second-order valence-corrected chi connectivity index (χ2v) is 6.83. The minimum absolute atomic E-state index is 0.130. The molecule has 1 N–H and O–H groups in total. The minimum Gasteiger partial charge on any atom is -0.320 e. The molecular formula is C18H17N3OS. The van der Waals surface area contributed by atoms with Crippen molar-refractivity contribution in [3.63, 3.8) is 0 Å². The van der Waals surface area contributed by atoms with Gasteiger partial charge in [0.25, 0.3) is 5.91 Å². The number of hydrogen-bond donors (Lipinski definition) is 1. The minimum atomic E-state index is -0.130. The predicted molar refractivity (Wildman–Crippen MR) is 93.1 cm³/mol. The Morgan fingerprint density at radius 1 is 1.26 bits per heavy atom. The number of aromatic nitrogens is 2. The van der Waals surface area contributed by atoms with Gasteiger partial charge in [-0.15, -0.1) is 11.3 Å². The van der Waals surface area contributed by atoms with Crippen molar-refractivity contribution in [2.24, 2.45) is 7.05 Å². The largest absolute Gasteiger partial charge is 0.320 e. The topological polar surface area (TPSA) is 46.9 Å². The Bertz CT molecular complexity index is 907. The summed E-state index contributed by atoms with van der Waals surface area (Å²) in [5.41, 5.74) is 5.80. The number of aryl methyl sites for hydroxylation is 3. The first-order valence-corrected chi connectivity index (χ1v) is 8.52. The lowest BCUT2D eigenvalue weighted by Crippen LogP contribution is -2.16. The molecule has 4 rings (SSSR count). The predicted octanol–water partition coefficient (Wildman–Crippen LogP) is 3.81. The third-order valence-corrected chi connectivity index (χ3v) is 5.34. The van der Waals surface area contributed by atoms with Crippen molar-refractivity contribution >= 4 is 22.9 Å². The number of fused-ring (bicyclic) bond motifs is 3. The molecule has 0 saturated heterocycles. The maximum absolute atomic E-state index is 12.7. The summed E-state index contributed by atoms with van der Waals surface area (Å²) in [5, 5.41) is 9.61. The fraction of sp³-hybridized carbons (Fsp3) is 0.222. The number of nitrogens with zero attached hydrogens (tertiary/aromatic N) is 2. The van der Waals surface area contributed by atoms with Crippen LogP contribution in [0.1, 0.15) is 26.5 Å². The Morgan fingerprint density at radius 3 is 2.91 bits per heavy atom. The van der Waals surface area contributed by atoms with Crippen LogP contribution in [-0.4, -0.2) is 15.7 Å². The van der Waals surface area contributed by atoms with Gasteiger partial charge >= 0.3 is 0 Å². The van der Waals surface area contributed by atoms with Crippen molar-refractivity contribution in [3.8, 4) is 11.3 Å². The number of amides is 1. The number of carbonyl (C=O) groups excluding carboxylic acids is 1. The second-order valence-electron chi connectivity index (χ2n) is 5.83. The highest BCUT2D eigenvalue weighted by atomic mass is 32.1. The molecule has 0 unspecified atom stereocenters. The Hall–Kier alpha value is -2.40. The number of para-hydroxylation sites is 1. The summed E-state index contributed by atoms with van der Waals surface area (Å²) in [6, 6.07) is 9.92. The van der Waals surface area contributed by atoms with E-state index in [0.29, 0.717) is 5.69 Å². The van der Waals surface area contributed by atoms with E-state index in [1.807, 2.05) is 42.9 Å². The molecule has 4 nitrogen and oxygen atoms in total. The van der Waals surface area contributed by atoms with Crippen molar-refractivity contribution in [3.05, 3.63) is 57.4 Å². The molecule has 0 saturated carbocycles. The molecule has 116 valence electrons. The number of carbonyl (C=O) groups is 1. The lowest BCUT2D eigenvalue weighted by molar-refractivity contribution is 0.102. The number of nitrogens with one attached hydrogen (secondary N) is 1. The van der Waals surface area contributed by atoms with Crippen LogP contribution in [0.3, 0.4) is 0 Å². The first kappa shape index (κ1) is 14.2. The standard InChI is InChI=1S/C18H17N3OS/c1-11-5-3-4-6-14(11)19-18(22)16-13-7-8-15-12(9-10-23-15)17(13)21(2)20-16/h3-6,9-10H,7-8H2,1-2H3,(H,19,22). The van der Waals surface area contributed by atoms with Crippen LogP contribution in [0.15, 0.2) is 35.7 Å². The van der Waals surface area contributed by atoms with Crippen LogP contribution < -0.4 is 5.32 Å². The lowest BCUT2D eigenvalue weighted by atomic mass is 9.94. The van der Waals surface area contributed by atoms with Gasteiger partial charge in [-0.05, 0) is 42.8 Å². The summed E-state index contributed by atoms with van der Waals surface area (Å²) >= 11 is 1.78. The van der Waals surface area contributed by atoms with Crippen molar-refractivity contribution in [2.75, 3.05) is 5.32 Å². The number of hydrogen-bond acceptors (Lipinski definition) is 3. The van der Waals surface area contributed by atoms with Gasteiger partial charge in [-0.25, -0.2) is 0 Å². The molecule has 0 spiro atoms. The van der Waals surface area contributed by atoms with Gasteiger partial charge in [0.15, 0.2) is 5.69 Å². The zero-order valence-corrected chi connectivity index (χ0v) is 13.9. The highest BCUT2D eigenvalue weighted by Crippen LogP contribution is 2.37. The first-order valence-electron chi connectivity index (χ1n) is 7.64. The molecule has 3 aromatic rings. The molecule has 5 heteroatoms. The van der Waals surface area contributed by atoms with Crippen molar-refractivity contribution in [1.29, 1.82) is 0 Å². The van der Waals surface area contributed by atoms with E-state index < -0.39 is 0 Å². The van der Waals surface area contributed by atoms with E-state index in [2.05, 4.69) is 21.9 Å². The van der Waals surface area contributed by atoms with Gasteiger partial charge < -0.3 is 5.32 Å². The summed E-state index contributed by atoms with van der Waals surface area (Å²) in [7, 11) is 1.91. The van der Waals surface area contributed by atoms with Crippen LogP contribution in [0.25, 0.3) is 11.3 Å². The van der Waals surface area contributed by atoms with E-state index in [1.54, 1.807) is 11.3 Å². The summed E-state index contributed by atoms with van der Waals surface area (Å²) in [6.07, 6.45) is 1.85. The molecule has 1 aromatic carbocycles. The molecule has 2 aromatic heterocycles. The third kappa shape index (κ3) is 2.28. The molecule has 0 radical (unpaired) electrons. The van der Waals surface area contributed by atoms with Gasteiger partial charge in [-0.2, -0.15) is 5.10 Å². The van der Waals surface area contributed by atoms with Crippen LogP contribution in [0.4, 0.5) is 5.69 Å². The van der Waals surface area contributed by atoms with E-state index in [9.17, 15) is 4.79 Å². The SMILES string of the molecule is Cc1ccccc1NC(=O)c1nn(C)c2c1CCc1sccc1-2. The highest BCUT2D eigenvalue weighted by molar-refractivity contribution is 7.10. The molecule has 1 amide bonds. The second kappa shape index (κ2) is 5.35. The quantitative estimate of drug-likeness (QED) is 0.779. The van der Waals surface area contributed by atoms with Crippen LogP contribution in [-0.2, 0) is 19.9 Å². The molecular weight excluding hydrogens is 306 g/mol. The van der Waals surface area contributed by atoms with E-state index in [1.165, 1.54) is 10.4 Å².